The molecule has 3 atom stereocenters. The number of halogens is 2. The lowest BCUT2D eigenvalue weighted by Crippen LogP contribution is -2.39. The van der Waals surface area contributed by atoms with Gasteiger partial charge >= 0.3 is 0 Å². The summed E-state index contributed by atoms with van der Waals surface area (Å²) in [6.07, 6.45) is 6.29. The summed E-state index contributed by atoms with van der Waals surface area (Å²) in [4.78, 5) is 12.2. The van der Waals surface area contributed by atoms with E-state index in [0.717, 1.165) is 23.9 Å². The van der Waals surface area contributed by atoms with Crippen LogP contribution in [0.25, 0.3) is 0 Å². The van der Waals surface area contributed by atoms with Crippen molar-refractivity contribution in [3.05, 3.63) is 47.0 Å². The number of rotatable bonds is 4. The van der Waals surface area contributed by atoms with Gasteiger partial charge in [0.2, 0.25) is 0 Å². The third-order valence-corrected chi connectivity index (χ3v) is 7.45. The van der Waals surface area contributed by atoms with Gasteiger partial charge in [0.15, 0.2) is 10.3 Å². The van der Waals surface area contributed by atoms with Gasteiger partial charge in [-0.05, 0) is 30.2 Å². The molecular formula is C20H26Cl2N4S2. The van der Waals surface area contributed by atoms with Crippen molar-refractivity contribution in [3.63, 3.8) is 0 Å². The molecule has 1 unspecified atom stereocenters. The van der Waals surface area contributed by atoms with Crippen molar-refractivity contribution in [2.24, 2.45) is 9.98 Å². The third kappa shape index (κ3) is 4.50. The lowest BCUT2D eigenvalue weighted by Gasteiger charge is -2.31. The highest BCUT2D eigenvalue weighted by molar-refractivity contribution is 8.17. The van der Waals surface area contributed by atoms with Crippen molar-refractivity contribution in [1.82, 2.24) is 10.2 Å². The van der Waals surface area contributed by atoms with E-state index in [1.54, 1.807) is 0 Å². The molecular weight excluding hydrogens is 431 g/mol. The maximum Gasteiger partial charge on any atom is 0.168 e. The number of fused-ring (bicyclic) bond motifs is 3. The van der Waals surface area contributed by atoms with E-state index in [9.17, 15) is 0 Å². The Hall–Kier alpha value is -0.820. The molecule has 0 bridgehead atoms. The Kier molecular flexibility index (Phi) is 7.65. The van der Waals surface area contributed by atoms with E-state index >= 15 is 0 Å². The largest absolute Gasteiger partial charge is 0.360 e. The highest BCUT2D eigenvalue weighted by atomic mass is 35.5. The van der Waals surface area contributed by atoms with E-state index in [1.807, 2.05) is 23.5 Å². The molecule has 152 valence electrons. The first kappa shape index (κ1) is 21.9. The Bertz CT molecular complexity index is 769. The molecule has 1 aliphatic carbocycles. The van der Waals surface area contributed by atoms with Gasteiger partial charge in [0.05, 0.1) is 24.7 Å². The van der Waals surface area contributed by atoms with Crippen LogP contribution in [0.3, 0.4) is 0 Å². The van der Waals surface area contributed by atoms with Gasteiger partial charge in [0.1, 0.15) is 0 Å². The average molecular weight is 457 g/mol. The summed E-state index contributed by atoms with van der Waals surface area (Å²) in [6.45, 7) is 0.881. The average Bonchev–Trinajstić information content (AvgIpc) is 3.36. The second-order valence-corrected chi connectivity index (χ2v) is 9.19. The quantitative estimate of drug-likeness (QED) is 0.711. The predicted molar refractivity (Wildman–Crippen MR) is 127 cm³/mol. The van der Waals surface area contributed by atoms with Gasteiger partial charge in [0, 0.05) is 11.4 Å². The standard InChI is InChI=1S/C20H24N4S2.2ClH/c1-2-6-14(7-3-1)10-15-11-21-19(22-15)25-12-16-13-26-20-23-17-8-4-5-9-18(17)24(16)20;;/h1-3,6-7,13,15,17-18H,4-5,8-12H2,(H,21,22);2*1H/t15?,17-,18-;;/m1../s1. The summed E-state index contributed by atoms with van der Waals surface area (Å²) in [5.74, 6) is 0.985. The van der Waals surface area contributed by atoms with Crippen LogP contribution >= 0.6 is 48.3 Å². The fourth-order valence-corrected chi connectivity index (χ4v) is 6.33. The molecule has 1 aromatic carbocycles. The second-order valence-electron chi connectivity index (χ2n) is 7.39. The Balaban J connectivity index is 0.00000112. The number of nitrogens with zero attached hydrogens (tertiary/aromatic N) is 3. The molecule has 28 heavy (non-hydrogen) atoms. The highest BCUT2D eigenvalue weighted by Gasteiger charge is 2.41. The fraction of sp³-hybridized carbons (Fsp3) is 0.500. The van der Waals surface area contributed by atoms with Crippen LogP contribution in [0.5, 0.6) is 0 Å². The normalized spacial score (nSPS) is 27.5. The van der Waals surface area contributed by atoms with Gasteiger partial charge in [-0.1, -0.05) is 66.7 Å². The number of benzene rings is 1. The van der Waals surface area contributed by atoms with Gasteiger partial charge in [-0.2, -0.15) is 0 Å². The zero-order valence-electron chi connectivity index (χ0n) is 15.6. The summed E-state index contributed by atoms with van der Waals surface area (Å²) in [6, 6.07) is 12.3. The van der Waals surface area contributed by atoms with Gasteiger partial charge in [0.25, 0.3) is 0 Å². The van der Waals surface area contributed by atoms with Crippen LogP contribution in [-0.4, -0.2) is 45.7 Å². The van der Waals surface area contributed by atoms with Gasteiger partial charge in [-0.25, -0.2) is 0 Å². The number of hydrogen-bond donors (Lipinski definition) is 1. The Morgan fingerprint density at radius 1 is 1.14 bits per heavy atom. The summed E-state index contributed by atoms with van der Waals surface area (Å²) >= 11 is 3.66. The minimum Gasteiger partial charge on any atom is -0.360 e. The summed E-state index contributed by atoms with van der Waals surface area (Å²) in [5.41, 5.74) is 2.80. The number of hydrogen-bond acceptors (Lipinski definition) is 6. The molecule has 0 spiro atoms. The minimum atomic E-state index is 0. The molecule has 4 nitrogen and oxygen atoms in total. The molecule has 0 aromatic heterocycles. The van der Waals surface area contributed by atoms with Crippen LogP contribution in [0.2, 0.25) is 0 Å². The van der Waals surface area contributed by atoms with E-state index in [4.69, 9.17) is 9.98 Å². The van der Waals surface area contributed by atoms with Crippen LogP contribution in [-0.2, 0) is 6.42 Å². The monoisotopic (exact) mass is 456 g/mol. The molecule has 5 rings (SSSR count). The van der Waals surface area contributed by atoms with Crippen LogP contribution < -0.4 is 5.32 Å². The molecule has 8 heteroatoms. The topological polar surface area (TPSA) is 40.0 Å². The molecule has 3 heterocycles. The van der Waals surface area contributed by atoms with E-state index in [-0.39, 0.29) is 24.8 Å². The minimum absolute atomic E-state index is 0. The van der Waals surface area contributed by atoms with Crippen LogP contribution in [0.1, 0.15) is 31.2 Å². The molecule has 1 aromatic rings. The SMILES string of the molecule is C1=C(CSC2=NCC(Cc3ccccc3)N2)N2C(=N[C@@H]3CCCC[C@H]32)S1.Cl.Cl. The van der Waals surface area contributed by atoms with Gasteiger partial charge in [-0.15, -0.1) is 24.8 Å². The Morgan fingerprint density at radius 2 is 1.96 bits per heavy atom. The number of aliphatic imine (C=N–C) groups is 2. The molecule has 0 radical (unpaired) electrons. The van der Waals surface area contributed by atoms with Crippen LogP contribution in [0.15, 0.2) is 51.4 Å². The maximum absolute atomic E-state index is 4.96. The third-order valence-electron chi connectivity index (χ3n) is 5.58. The van der Waals surface area contributed by atoms with Gasteiger partial charge in [-0.3, -0.25) is 9.98 Å². The molecule has 0 saturated heterocycles. The van der Waals surface area contributed by atoms with Crippen molar-refractivity contribution < 1.29 is 0 Å². The molecule has 1 saturated carbocycles. The van der Waals surface area contributed by atoms with E-state index in [0.29, 0.717) is 18.1 Å². The summed E-state index contributed by atoms with van der Waals surface area (Å²) < 4.78 is 0. The Morgan fingerprint density at radius 3 is 2.82 bits per heavy atom. The van der Waals surface area contributed by atoms with Gasteiger partial charge < -0.3 is 10.2 Å². The lowest BCUT2D eigenvalue weighted by molar-refractivity contribution is 0.285. The lowest BCUT2D eigenvalue weighted by atomic mass is 9.91. The molecule has 4 aliphatic rings. The number of nitrogens with one attached hydrogen (secondary N) is 1. The maximum atomic E-state index is 4.96. The van der Waals surface area contributed by atoms with Crippen molar-refractivity contribution >= 4 is 58.7 Å². The summed E-state index contributed by atoms with van der Waals surface area (Å²) in [5, 5.41) is 8.24. The molecule has 1 fully saturated rings. The number of thioether (sulfide) groups is 2. The van der Waals surface area contributed by atoms with E-state index in [2.05, 4.69) is 46.0 Å². The number of amidine groups is 2. The molecule has 1 N–H and O–H groups in total. The second kappa shape index (κ2) is 9.79. The van der Waals surface area contributed by atoms with Crippen molar-refractivity contribution in [2.45, 2.75) is 50.2 Å². The predicted octanol–water partition coefficient (Wildman–Crippen LogP) is 4.70. The smallest absolute Gasteiger partial charge is 0.168 e. The molecule has 0 amide bonds. The van der Waals surface area contributed by atoms with Crippen molar-refractivity contribution in [2.75, 3.05) is 12.3 Å². The zero-order chi connectivity index (χ0) is 17.3. The molecule has 3 aliphatic heterocycles. The van der Waals surface area contributed by atoms with Crippen LogP contribution in [0, 0.1) is 0 Å². The van der Waals surface area contributed by atoms with E-state index in [1.165, 1.54) is 42.1 Å². The van der Waals surface area contributed by atoms with E-state index < -0.39 is 0 Å². The van der Waals surface area contributed by atoms with Crippen molar-refractivity contribution in [3.8, 4) is 0 Å². The Labute approximate surface area is 187 Å². The first-order valence-corrected chi connectivity index (χ1v) is 11.4. The summed E-state index contributed by atoms with van der Waals surface area (Å²) in [7, 11) is 0. The first-order chi connectivity index (χ1) is 12.9. The highest BCUT2D eigenvalue weighted by Crippen LogP contribution is 2.41. The van der Waals surface area contributed by atoms with Crippen molar-refractivity contribution in [1.29, 1.82) is 0 Å². The fourth-order valence-electron chi connectivity index (χ4n) is 4.30. The zero-order valence-corrected chi connectivity index (χ0v) is 18.9. The van der Waals surface area contributed by atoms with Crippen LogP contribution in [0.4, 0.5) is 0 Å². The first-order valence-electron chi connectivity index (χ1n) is 9.57.